The molecule has 0 spiro atoms. The van der Waals surface area contributed by atoms with E-state index >= 15 is 0 Å². The SMILES string of the molecule is OCCC(S)C(c1ccccc1)(c1ccccc1)c1ccccc1. The van der Waals surface area contributed by atoms with E-state index < -0.39 is 5.41 Å². The first-order chi connectivity index (χ1) is 11.8. The fourth-order valence-electron chi connectivity index (χ4n) is 3.52. The minimum absolute atomic E-state index is 0.0466. The van der Waals surface area contributed by atoms with Gasteiger partial charge >= 0.3 is 0 Å². The highest BCUT2D eigenvalue weighted by molar-refractivity contribution is 7.81. The highest BCUT2D eigenvalue weighted by Gasteiger charge is 2.41. The van der Waals surface area contributed by atoms with E-state index in [1.165, 1.54) is 16.7 Å². The van der Waals surface area contributed by atoms with Crippen LogP contribution in [-0.2, 0) is 5.41 Å². The normalized spacial score (nSPS) is 12.8. The Balaban J connectivity index is 2.33. The van der Waals surface area contributed by atoms with Crippen LogP contribution in [0, 0.1) is 0 Å². The van der Waals surface area contributed by atoms with Gasteiger partial charge in [0.2, 0.25) is 0 Å². The molecule has 24 heavy (non-hydrogen) atoms. The molecule has 0 saturated heterocycles. The molecule has 0 saturated carbocycles. The zero-order chi connectivity index (χ0) is 16.8. The maximum atomic E-state index is 9.59. The summed E-state index contributed by atoms with van der Waals surface area (Å²) in [5, 5.41) is 9.55. The number of aliphatic hydroxyl groups is 1. The lowest BCUT2D eigenvalue weighted by Crippen LogP contribution is -2.39. The summed E-state index contributed by atoms with van der Waals surface area (Å²) in [5.41, 5.74) is 3.16. The van der Waals surface area contributed by atoms with Crippen molar-refractivity contribution >= 4 is 12.6 Å². The number of hydrogen-bond acceptors (Lipinski definition) is 2. The van der Waals surface area contributed by atoms with Crippen LogP contribution in [0.25, 0.3) is 0 Å². The average Bonchev–Trinajstić information content (AvgIpc) is 2.65. The van der Waals surface area contributed by atoms with E-state index in [1.54, 1.807) is 0 Å². The van der Waals surface area contributed by atoms with Crippen LogP contribution in [0.1, 0.15) is 23.1 Å². The quantitative estimate of drug-likeness (QED) is 0.494. The second kappa shape index (κ2) is 7.69. The standard InChI is InChI=1S/C22H22OS/c23-17-16-21(24)22(18-10-4-1-5-11-18,19-12-6-2-7-13-19)20-14-8-3-9-15-20/h1-15,21,23-24H,16-17H2. The van der Waals surface area contributed by atoms with Crippen molar-refractivity contribution in [3.05, 3.63) is 108 Å². The molecular weight excluding hydrogens is 312 g/mol. The van der Waals surface area contributed by atoms with E-state index in [0.29, 0.717) is 6.42 Å². The van der Waals surface area contributed by atoms with Gasteiger partial charge < -0.3 is 5.11 Å². The van der Waals surface area contributed by atoms with E-state index in [-0.39, 0.29) is 11.9 Å². The van der Waals surface area contributed by atoms with Crippen molar-refractivity contribution in [2.45, 2.75) is 17.1 Å². The van der Waals surface area contributed by atoms with Crippen LogP contribution in [0.15, 0.2) is 91.0 Å². The molecule has 0 aromatic heterocycles. The number of rotatable bonds is 6. The number of thiol groups is 1. The first-order valence-corrected chi connectivity index (χ1v) is 8.77. The van der Waals surface area contributed by atoms with Gasteiger partial charge in [-0.25, -0.2) is 0 Å². The van der Waals surface area contributed by atoms with Gasteiger partial charge in [-0.05, 0) is 23.1 Å². The molecule has 0 radical (unpaired) electrons. The summed E-state index contributed by atoms with van der Waals surface area (Å²) < 4.78 is 0. The molecule has 0 heterocycles. The molecular formula is C22H22OS. The summed E-state index contributed by atoms with van der Waals surface area (Å²) in [6.07, 6.45) is 0.613. The molecule has 1 atom stereocenters. The van der Waals surface area contributed by atoms with Crippen molar-refractivity contribution < 1.29 is 5.11 Å². The second-order valence-corrected chi connectivity index (χ2v) is 6.56. The highest BCUT2D eigenvalue weighted by Crippen LogP contribution is 2.45. The zero-order valence-corrected chi connectivity index (χ0v) is 14.4. The van der Waals surface area contributed by atoms with E-state index in [2.05, 4.69) is 72.8 Å². The Morgan fingerprint density at radius 1 is 0.667 bits per heavy atom. The smallest absolute Gasteiger partial charge is 0.0567 e. The van der Waals surface area contributed by atoms with Crippen molar-refractivity contribution in [3.8, 4) is 0 Å². The lowest BCUT2D eigenvalue weighted by Gasteiger charge is -2.40. The van der Waals surface area contributed by atoms with Crippen LogP contribution >= 0.6 is 12.6 Å². The Bertz CT molecular complexity index is 644. The van der Waals surface area contributed by atoms with Gasteiger partial charge in [0, 0.05) is 11.9 Å². The third kappa shape index (κ3) is 3.00. The Labute approximate surface area is 149 Å². The summed E-state index contributed by atoms with van der Waals surface area (Å²) in [6.45, 7) is 0.114. The van der Waals surface area contributed by atoms with E-state index in [4.69, 9.17) is 12.6 Å². The van der Waals surface area contributed by atoms with Crippen LogP contribution in [0.5, 0.6) is 0 Å². The minimum Gasteiger partial charge on any atom is -0.396 e. The van der Waals surface area contributed by atoms with Crippen molar-refractivity contribution in [1.29, 1.82) is 0 Å². The molecule has 3 aromatic carbocycles. The molecule has 3 aromatic rings. The van der Waals surface area contributed by atoms with Crippen LogP contribution < -0.4 is 0 Å². The van der Waals surface area contributed by atoms with Crippen molar-refractivity contribution in [1.82, 2.24) is 0 Å². The van der Waals surface area contributed by atoms with Gasteiger partial charge in [-0.1, -0.05) is 91.0 Å². The van der Waals surface area contributed by atoms with Crippen molar-refractivity contribution in [3.63, 3.8) is 0 Å². The predicted octanol–water partition coefficient (Wildman–Crippen LogP) is 4.70. The van der Waals surface area contributed by atoms with Crippen LogP contribution in [0.3, 0.4) is 0 Å². The van der Waals surface area contributed by atoms with Crippen molar-refractivity contribution in [2.75, 3.05) is 6.61 Å². The first kappa shape index (κ1) is 16.8. The molecule has 1 nitrogen and oxygen atoms in total. The molecule has 3 rings (SSSR count). The van der Waals surface area contributed by atoms with Gasteiger partial charge in [0.1, 0.15) is 0 Å². The Kier molecular flexibility index (Phi) is 5.39. The summed E-state index contributed by atoms with van der Waals surface area (Å²) >= 11 is 4.96. The average molecular weight is 334 g/mol. The molecule has 0 amide bonds. The van der Waals surface area contributed by atoms with Gasteiger partial charge in [-0.2, -0.15) is 12.6 Å². The largest absolute Gasteiger partial charge is 0.396 e. The topological polar surface area (TPSA) is 20.2 Å². The van der Waals surface area contributed by atoms with E-state index in [0.717, 1.165) is 0 Å². The van der Waals surface area contributed by atoms with Gasteiger partial charge in [0.05, 0.1) is 5.41 Å². The molecule has 0 aliphatic heterocycles. The van der Waals surface area contributed by atoms with Crippen LogP contribution in [0.2, 0.25) is 0 Å². The lowest BCUT2D eigenvalue weighted by molar-refractivity contribution is 0.278. The van der Waals surface area contributed by atoms with Gasteiger partial charge in [0.25, 0.3) is 0 Å². The maximum Gasteiger partial charge on any atom is 0.0567 e. The summed E-state index contributed by atoms with van der Waals surface area (Å²) in [6, 6.07) is 31.4. The number of hydrogen-bond donors (Lipinski definition) is 2. The molecule has 0 fully saturated rings. The summed E-state index contributed by atoms with van der Waals surface area (Å²) in [5.74, 6) is 0. The molecule has 0 bridgehead atoms. The van der Waals surface area contributed by atoms with Crippen LogP contribution in [0.4, 0.5) is 0 Å². The zero-order valence-electron chi connectivity index (χ0n) is 13.5. The Hall–Kier alpha value is -2.03. The molecule has 122 valence electrons. The van der Waals surface area contributed by atoms with E-state index in [1.807, 2.05) is 18.2 Å². The van der Waals surface area contributed by atoms with Crippen molar-refractivity contribution in [2.24, 2.45) is 0 Å². The lowest BCUT2D eigenvalue weighted by atomic mass is 9.66. The monoisotopic (exact) mass is 334 g/mol. The van der Waals surface area contributed by atoms with Gasteiger partial charge in [0.15, 0.2) is 0 Å². The predicted molar refractivity (Wildman–Crippen MR) is 104 cm³/mol. The number of benzene rings is 3. The van der Waals surface area contributed by atoms with E-state index in [9.17, 15) is 5.11 Å². The molecule has 1 N–H and O–H groups in total. The fourth-order valence-corrected chi connectivity index (χ4v) is 4.08. The molecule has 2 heteroatoms. The summed E-state index contributed by atoms with van der Waals surface area (Å²) in [7, 11) is 0. The van der Waals surface area contributed by atoms with Crippen LogP contribution in [-0.4, -0.2) is 17.0 Å². The summed E-state index contributed by atoms with van der Waals surface area (Å²) in [4.78, 5) is 0. The third-order valence-electron chi connectivity index (χ3n) is 4.59. The third-order valence-corrected chi connectivity index (χ3v) is 5.24. The Morgan fingerprint density at radius 2 is 1.00 bits per heavy atom. The maximum absolute atomic E-state index is 9.59. The van der Waals surface area contributed by atoms with Gasteiger partial charge in [-0.3, -0.25) is 0 Å². The minimum atomic E-state index is -0.407. The highest BCUT2D eigenvalue weighted by atomic mass is 32.1. The molecule has 1 unspecified atom stereocenters. The molecule has 0 aliphatic carbocycles. The molecule has 0 aliphatic rings. The number of aliphatic hydroxyl groups excluding tert-OH is 1. The second-order valence-electron chi connectivity index (χ2n) is 5.93. The van der Waals surface area contributed by atoms with Gasteiger partial charge in [-0.15, -0.1) is 0 Å². The fraction of sp³-hybridized carbons (Fsp3) is 0.182. The first-order valence-electron chi connectivity index (χ1n) is 8.25. The Morgan fingerprint density at radius 3 is 1.29 bits per heavy atom.